The number of piperazine rings is 1. The van der Waals surface area contributed by atoms with Gasteiger partial charge in [-0.15, -0.1) is 0 Å². The van der Waals surface area contributed by atoms with E-state index in [0.29, 0.717) is 23.9 Å². The molecule has 1 aliphatic rings. The van der Waals surface area contributed by atoms with Gasteiger partial charge in [0.05, 0.1) is 7.11 Å². The van der Waals surface area contributed by atoms with Gasteiger partial charge in [-0.05, 0) is 61.9 Å². The highest BCUT2D eigenvalue weighted by Crippen LogP contribution is 2.23. The number of methoxy groups -OCH3 is 1. The summed E-state index contributed by atoms with van der Waals surface area (Å²) in [7, 11) is 1.66. The molecule has 0 radical (unpaired) electrons. The third kappa shape index (κ3) is 4.66. The molecule has 144 valence electrons. The first-order valence-corrected chi connectivity index (χ1v) is 9.46. The molecule has 0 unspecified atom stereocenters. The minimum absolute atomic E-state index is 0.0111. The van der Waals surface area contributed by atoms with E-state index in [1.807, 2.05) is 42.2 Å². The normalized spacial score (nSPS) is 15.4. The molecule has 0 N–H and O–H groups in total. The summed E-state index contributed by atoms with van der Waals surface area (Å²) in [5, 5.41) is 0.691. The summed E-state index contributed by atoms with van der Waals surface area (Å²) in [5.74, 6) is 1.52. The number of anilines is 1. The molecule has 1 atom stereocenters. The molecule has 0 aromatic heterocycles. The Hall–Kier alpha value is -2.40. The summed E-state index contributed by atoms with van der Waals surface area (Å²) in [6, 6.07) is 13.4. The Morgan fingerprint density at radius 1 is 1.04 bits per heavy atom. The lowest BCUT2D eigenvalue weighted by molar-refractivity contribution is -0.138. The molecule has 1 heterocycles. The smallest absolute Gasteiger partial charge is 0.263 e. The van der Waals surface area contributed by atoms with E-state index in [-0.39, 0.29) is 5.91 Å². The number of ether oxygens (including phenoxy) is 2. The first-order valence-electron chi connectivity index (χ1n) is 9.08. The fraction of sp³-hybridized carbons (Fsp3) is 0.381. The van der Waals surface area contributed by atoms with Gasteiger partial charge in [0.25, 0.3) is 5.91 Å². The van der Waals surface area contributed by atoms with E-state index in [1.165, 1.54) is 0 Å². The van der Waals surface area contributed by atoms with E-state index in [4.69, 9.17) is 21.1 Å². The van der Waals surface area contributed by atoms with Crippen LogP contribution in [0.1, 0.15) is 12.5 Å². The van der Waals surface area contributed by atoms with Crippen LogP contribution >= 0.6 is 11.6 Å². The van der Waals surface area contributed by atoms with Crippen LogP contribution in [-0.2, 0) is 4.79 Å². The number of nitrogens with zero attached hydrogens (tertiary/aromatic N) is 2. The maximum Gasteiger partial charge on any atom is 0.263 e. The highest BCUT2D eigenvalue weighted by Gasteiger charge is 2.26. The van der Waals surface area contributed by atoms with Gasteiger partial charge in [-0.3, -0.25) is 4.79 Å². The average Bonchev–Trinajstić information content (AvgIpc) is 2.70. The number of aryl methyl sites for hydroxylation is 1. The Morgan fingerprint density at radius 3 is 2.26 bits per heavy atom. The molecule has 1 amide bonds. The maximum absolute atomic E-state index is 12.7. The quantitative estimate of drug-likeness (QED) is 0.781. The number of hydrogen-bond acceptors (Lipinski definition) is 4. The van der Waals surface area contributed by atoms with Crippen molar-refractivity contribution >= 4 is 23.2 Å². The molecule has 2 aromatic rings. The molecule has 1 aliphatic heterocycles. The van der Waals surface area contributed by atoms with Gasteiger partial charge in [-0.1, -0.05) is 11.6 Å². The number of carbonyl (C=O) groups is 1. The van der Waals surface area contributed by atoms with Crippen molar-refractivity contribution in [2.45, 2.75) is 20.0 Å². The molecule has 0 aliphatic carbocycles. The number of amides is 1. The van der Waals surface area contributed by atoms with Crippen LogP contribution in [0, 0.1) is 6.92 Å². The fourth-order valence-electron chi connectivity index (χ4n) is 3.18. The van der Waals surface area contributed by atoms with E-state index >= 15 is 0 Å². The Balaban J connectivity index is 1.54. The van der Waals surface area contributed by atoms with Crippen molar-refractivity contribution in [2.24, 2.45) is 0 Å². The van der Waals surface area contributed by atoms with Gasteiger partial charge in [0.1, 0.15) is 11.5 Å². The lowest BCUT2D eigenvalue weighted by atomic mass is 10.2. The minimum Gasteiger partial charge on any atom is -0.497 e. The lowest BCUT2D eigenvalue weighted by Gasteiger charge is -2.37. The fourth-order valence-corrected chi connectivity index (χ4v) is 3.30. The van der Waals surface area contributed by atoms with Crippen LogP contribution in [0.2, 0.25) is 5.02 Å². The third-order valence-electron chi connectivity index (χ3n) is 4.82. The van der Waals surface area contributed by atoms with Gasteiger partial charge < -0.3 is 19.3 Å². The van der Waals surface area contributed by atoms with Crippen molar-refractivity contribution in [2.75, 3.05) is 38.2 Å². The summed E-state index contributed by atoms with van der Waals surface area (Å²) >= 11 is 6.04. The molecule has 3 rings (SSSR count). The van der Waals surface area contributed by atoms with E-state index in [9.17, 15) is 4.79 Å². The standard InChI is InChI=1S/C21H25ClN2O3/c1-15-14-19(8-9-20(15)22)27-16(2)21(25)24-12-10-23(11-13-24)17-4-6-18(26-3)7-5-17/h4-9,14,16H,10-13H2,1-3H3/t16-/m0/s1. The van der Waals surface area contributed by atoms with Gasteiger partial charge in [-0.25, -0.2) is 0 Å². The van der Waals surface area contributed by atoms with Gasteiger partial charge in [0.15, 0.2) is 6.10 Å². The molecule has 6 heteroatoms. The minimum atomic E-state index is -0.530. The molecule has 1 saturated heterocycles. The lowest BCUT2D eigenvalue weighted by Crippen LogP contribution is -2.52. The van der Waals surface area contributed by atoms with Crippen LogP contribution in [0.3, 0.4) is 0 Å². The van der Waals surface area contributed by atoms with Crippen molar-refractivity contribution < 1.29 is 14.3 Å². The zero-order valence-electron chi connectivity index (χ0n) is 15.9. The molecule has 2 aromatic carbocycles. The SMILES string of the molecule is COc1ccc(N2CCN(C(=O)[C@H](C)Oc3ccc(Cl)c(C)c3)CC2)cc1. The highest BCUT2D eigenvalue weighted by molar-refractivity contribution is 6.31. The Labute approximate surface area is 165 Å². The zero-order valence-corrected chi connectivity index (χ0v) is 16.7. The van der Waals surface area contributed by atoms with Crippen molar-refractivity contribution in [1.29, 1.82) is 0 Å². The number of halogens is 1. The van der Waals surface area contributed by atoms with Crippen molar-refractivity contribution in [3.05, 3.63) is 53.1 Å². The summed E-state index contributed by atoms with van der Waals surface area (Å²) in [4.78, 5) is 16.9. The Bertz CT molecular complexity index is 787. The number of carbonyl (C=O) groups excluding carboxylic acids is 1. The molecule has 0 saturated carbocycles. The van der Waals surface area contributed by atoms with Crippen LogP contribution in [0.4, 0.5) is 5.69 Å². The number of rotatable bonds is 5. The second-order valence-corrected chi connectivity index (χ2v) is 7.09. The molecule has 0 spiro atoms. The van der Waals surface area contributed by atoms with Crippen LogP contribution in [0.15, 0.2) is 42.5 Å². The Morgan fingerprint density at radius 2 is 1.67 bits per heavy atom. The van der Waals surface area contributed by atoms with E-state index in [1.54, 1.807) is 26.2 Å². The van der Waals surface area contributed by atoms with Crippen LogP contribution < -0.4 is 14.4 Å². The zero-order chi connectivity index (χ0) is 19.4. The number of benzene rings is 2. The largest absolute Gasteiger partial charge is 0.497 e. The molecule has 27 heavy (non-hydrogen) atoms. The second-order valence-electron chi connectivity index (χ2n) is 6.68. The van der Waals surface area contributed by atoms with Crippen LogP contribution in [-0.4, -0.2) is 50.2 Å². The van der Waals surface area contributed by atoms with E-state index < -0.39 is 6.10 Å². The van der Waals surface area contributed by atoms with E-state index in [2.05, 4.69) is 4.90 Å². The average molecular weight is 389 g/mol. The summed E-state index contributed by atoms with van der Waals surface area (Å²) < 4.78 is 11.0. The predicted molar refractivity (Wildman–Crippen MR) is 108 cm³/mol. The topological polar surface area (TPSA) is 42.0 Å². The van der Waals surface area contributed by atoms with Crippen LogP contribution in [0.25, 0.3) is 0 Å². The second kappa shape index (κ2) is 8.53. The number of hydrogen-bond donors (Lipinski definition) is 0. The Kier molecular flexibility index (Phi) is 6.11. The first-order chi connectivity index (χ1) is 13.0. The first kappa shape index (κ1) is 19.4. The van der Waals surface area contributed by atoms with Gasteiger partial charge >= 0.3 is 0 Å². The highest BCUT2D eigenvalue weighted by atomic mass is 35.5. The summed E-state index contributed by atoms with van der Waals surface area (Å²) in [6.45, 7) is 6.66. The van der Waals surface area contributed by atoms with Crippen molar-refractivity contribution in [3.8, 4) is 11.5 Å². The third-order valence-corrected chi connectivity index (χ3v) is 5.24. The summed E-state index contributed by atoms with van der Waals surface area (Å²) in [5.41, 5.74) is 2.07. The van der Waals surface area contributed by atoms with Gasteiger partial charge in [-0.2, -0.15) is 0 Å². The molecular weight excluding hydrogens is 364 g/mol. The molecular formula is C21H25ClN2O3. The van der Waals surface area contributed by atoms with Crippen molar-refractivity contribution in [3.63, 3.8) is 0 Å². The van der Waals surface area contributed by atoms with Gasteiger partial charge in [0.2, 0.25) is 0 Å². The van der Waals surface area contributed by atoms with Crippen molar-refractivity contribution in [1.82, 2.24) is 4.90 Å². The molecule has 1 fully saturated rings. The monoisotopic (exact) mass is 388 g/mol. The van der Waals surface area contributed by atoms with Gasteiger partial charge in [0, 0.05) is 36.9 Å². The van der Waals surface area contributed by atoms with Crippen LogP contribution in [0.5, 0.6) is 11.5 Å². The predicted octanol–water partition coefficient (Wildman–Crippen LogP) is 3.77. The van der Waals surface area contributed by atoms with E-state index in [0.717, 1.165) is 30.1 Å². The molecule has 0 bridgehead atoms. The maximum atomic E-state index is 12.7. The summed E-state index contributed by atoms with van der Waals surface area (Å²) in [6.07, 6.45) is -0.530. The molecule has 5 nitrogen and oxygen atoms in total.